The normalized spacial score (nSPS) is 11.3. The number of anilines is 1. The summed E-state index contributed by atoms with van der Waals surface area (Å²) in [7, 11) is 4.17. The molecule has 0 atom stereocenters. The van der Waals surface area contributed by atoms with Crippen LogP contribution < -0.4 is 9.80 Å². The number of thiazole rings is 1. The van der Waals surface area contributed by atoms with E-state index in [1.54, 1.807) is 11.8 Å². The molecular formula is C20H23ClN3OS2+. The predicted octanol–water partition coefficient (Wildman–Crippen LogP) is 3.53. The number of carbonyl (C=O) groups excluding carboxylic acids is 1. The highest BCUT2D eigenvalue weighted by Crippen LogP contribution is 2.31. The zero-order chi connectivity index (χ0) is 19.4. The van der Waals surface area contributed by atoms with Gasteiger partial charge >= 0.3 is 0 Å². The first-order chi connectivity index (χ1) is 12.9. The van der Waals surface area contributed by atoms with Crippen molar-refractivity contribution in [1.29, 1.82) is 0 Å². The minimum absolute atomic E-state index is 0.0759. The lowest BCUT2D eigenvalue weighted by Gasteiger charge is -2.20. The molecule has 1 heterocycles. The number of carbonyl (C=O) groups is 1. The van der Waals surface area contributed by atoms with E-state index >= 15 is 0 Å². The van der Waals surface area contributed by atoms with Crippen molar-refractivity contribution >= 4 is 56.0 Å². The molecular weight excluding hydrogens is 398 g/mol. The second-order valence-corrected chi connectivity index (χ2v) is 9.21. The van der Waals surface area contributed by atoms with Gasteiger partial charge in [-0.05, 0) is 37.3 Å². The zero-order valence-corrected chi connectivity index (χ0v) is 18.0. The first kappa shape index (κ1) is 20.1. The number of thioether (sulfide) groups is 1. The summed E-state index contributed by atoms with van der Waals surface area (Å²) in [6, 6.07) is 13.9. The number of fused-ring (bicyclic) bond motifs is 1. The number of likely N-dealkylation sites (N-methyl/N-ethyl adjacent to an activating group) is 1. The highest BCUT2D eigenvalue weighted by molar-refractivity contribution is 8.00. The minimum atomic E-state index is 0.0759. The minimum Gasteiger partial charge on any atom is -0.338 e. The average Bonchev–Trinajstić information content (AvgIpc) is 3.03. The fraction of sp³-hybridized carbons (Fsp3) is 0.300. The number of nitrogens with one attached hydrogen (secondary N) is 1. The number of benzene rings is 2. The highest BCUT2D eigenvalue weighted by atomic mass is 35.5. The Kier molecular flexibility index (Phi) is 6.76. The van der Waals surface area contributed by atoms with Crippen LogP contribution in [0.5, 0.6) is 0 Å². The smallest absolute Gasteiger partial charge is 0.239 e. The first-order valence-electron chi connectivity index (χ1n) is 8.77. The summed E-state index contributed by atoms with van der Waals surface area (Å²) in [4.78, 5) is 21.8. The van der Waals surface area contributed by atoms with Crippen molar-refractivity contribution in [3.63, 3.8) is 0 Å². The molecule has 3 rings (SSSR count). The molecule has 142 valence electrons. The number of hydrogen-bond acceptors (Lipinski definition) is 4. The Bertz CT molecular complexity index is 925. The van der Waals surface area contributed by atoms with Crippen molar-refractivity contribution in [3.05, 3.63) is 53.1 Å². The molecule has 1 N–H and O–H groups in total. The third-order valence-corrected chi connectivity index (χ3v) is 6.36. The molecule has 3 aromatic rings. The van der Waals surface area contributed by atoms with Gasteiger partial charge < -0.3 is 4.90 Å². The van der Waals surface area contributed by atoms with Gasteiger partial charge in [0, 0.05) is 9.92 Å². The van der Waals surface area contributed by atoms with Gasteiger partial charge in [0.25, 0.3) is 0 Å². The molecule has 0 aliphatic heterocycles. The van der Waals surface area contributed by atoms with E-state index in [0.717, 1.165) is 26.8 Å². The molecule has 2 aromatic carbocycles. The largest absolute Gasteiger partial charge is 0.338 e. The monoisotopic (exact) mass is 420 g/mol. The number of rotatable bonds is 7. The summed E-state index contributed by atoms with van der Waals surface area (Å²) in [6.07, 6.45) is 0. The van der Waals surface area contributed by atoms with E-state index in [2.05, 4.69) is 50.3 Å². The Balaban J connectivity index is 1.78. The van der Waals surface area contributed by atoms with Gasteiger partial charge in [0.05, 0.1) is 43.2 Å². The first-order valence-corrected chi connectivity index (χ1v) is 11.0. The maximum Gasteiger partial charge on any atom is 0.239 e. The summed E-state index contributed by atoms with van der Waals surface area (Å²) < 4.78 is 0.999. The molecule has 0 aliphatic rings. The Hall–Kier alpha value is -1.60. The van der Waals surface area contributed by atoms with Crippen LogP contribution in [0, 0.1) is 6.92 Å². The van der Waals surface area contributed by atoms with E-state index in [-0.39, 0.29) is 5.91 Å². The summed E-state index contributed by atoms with van der Waals surface area (Å²) >= 11 is 9.17. The van der Waals surface area contributed by atoms with Crippen LogP contribution in [0.3, 0.4) is 0 Å². The zero-order valence-electron chi connectivity index (χ0n) is 15.7. The maximum absolute atomic E-state index is 13.0. The van der Waals surface area contributed by atoms with Crippen LogP contribution in [0.25, 0.3) is 10.2 Å². The van der Waals surface area contributed by atoms with E-state index < -0.39 is 0 Å². The van der Waals surface area contributed by atoms with Gasteiger partial charge in [-0.25, -0.2) is 4.98 Å². The topological polar surface area (TPSA) is 37.6 Å². The molecule has 0 saturated heterocycles. The van der Waals surface area contributed by atoms with E-state index in [4.69, 9.17) is 11.6 Å². The second-order valence-electron chi connectivity index (χ2n) is 6.71. The third-order valence-electron chi connectivity index (χ3n) is 4.09. The molecule has 0 unspecified atom stereocenters. The van der Waals surface area contributed by atoms with Crippen molar-refractivity contribution in [2.24, 2.45) is 0 Å². The number of aromatic nitrogens is 1. The lowest BCUT2D eigenvalue weighted by atomic mass is 10.2. The average molecular weight is 421 g/mol. The van der Waals surface area contributed by atoms with Gasteiger partial charge in [-0.15, -0.1) is 11.8 Å². The van der Waals surface area contributed by atoms with Gasteiger partial charge in [0.2, 0.25) is 5.91 Å². The Morgan fingerprint density at radius 3 is 2.67 bits per heavy atom. The molecule has 0 spiro atoms. The molecule has 0 aliphatic carbocycles. The fourth-order valence-corrected chi connectivity index (χ4v) is 4.58. The number of aryl methyl sites for hydroxylation is 1. The van der Waals surface area contributed by atoms with Crippen LogP contribution in [0.4, 0.5) is 5.13 Å². The van der Waals surface area contributed by atoms with Crippen LogP contribution in [0.15, 0.2) is 47.4 Å². The summed E-state index contributed by atoms with van der Waals surface area (Å²) in [5.41, 5.74) is 2.09. The fourth-order valence-electron chi connectivity index (χ4n) is 2.52. The quantitative estimate of drug-likeness (QED) is 0.594. The summed E-state index contributed by atoms with van der Waals surface area (Å²) in [5, 5.41) is 1.42. The van der Waals surface area contributed by atoms with Gasteiger partial charge in [-0.2, -0.15) is 0 Å². The van der Waals surface area contributed by atoms with Crippen molar-refractivity contribution in [2.75, 3.05) is 37.8 Å². The standard InChI is InChI=1S/C20H22ClN3OS2/c1-14-4-7-16(8-5-14)26-13-19(25)24(11-10-23(2)3)20-22-17-9-6-15(21)12-18(17)27-20/h4-9,12H,10-11,13H2,1-3H3/p+1. The Morgan fingerprint density at radius 1 is 1.22 bits per heavy atom. The molecule has 7 heteroatoms. The summed E-state index contributed by atoms with van der Waals surface area (Å²) in [6.45, 7) is 3.56. The van der Waals surface area contributed by atoms with Crippen molar-refractivity contribution in [3.8, 4) is 0 Å². The predicted molar refractivity (Wildman–Crippen MR) is 117 cm³/mol. The van der Waals surface area contributed by atoms with Crippen LogP contribution in [-0.4, -0.2) is 43.8 Å². The molecule has 0 fully saturated rings. The lowest BCUT2D eigenvalue weighted by Crippen LogP contribution is -3.06. The number of quaternary nitrogens is 1. The third kappa shape index (κ3) is 5.45. The Morgan fingerprint density at radius 2 is 1.96 bits per heavy atom. The molecule has 27 heavy (non-hydrogen) atoms. The van der Waals surface area contributed by atoms with E-state index in [0.29, 0.717) is 17.3 Å². The van der Waals surface area contributed by atoms with E-state index in [1.807, 2.05) is 23.1 Å². The van der Waals surface area contributed by atoms with Crippen LogP contribution >= 0.6 is 34.7 Å². The number of nitrogens with zero attached hydrogens (tertiary/aromatic N) is 2. The number of hydrogen-bond donors (Lipinski definition) is 1. The van der Waals surface area contributed by atoms with Gasteiger partial charge in [-0.3, -0.25) is 9.69 Å². The van der Waals surface area contributed by atoms with E-state index in [1.165, 1.54) is 21.8 Å². The van der Waals surface area contributed by atoms with Crippen molar-refractivity contribution in [1.82, 2.24) is 4.98 Å². The summed E-state index contributed by atoms with van der Waals surface area (Å²) in [5.74, 6) is 0.467. The van der Waals surface area contributed by atoms with Crippen LogP contribution in [0.2, 0.25) is 5.02 Å². The highest BCUT2D eigenvalue weighted by Gasteiger charge is 2.21. The SMILES string of the molecule is Cc1ccc(SCC(=O)N(CC[NH+](C)C)c2nc3ccc(Cl)cc3s2)cc1. The molecule has 4 nitrogen and oxygen atoms in total. The number of amides is 1. The van der Waals surface area contributed by atoms with E-state index in [9.17, 15) is 4.79 Å². The maximum atomic E-state index is 13.0. The van der Waals surface area contributed by atoms with Crippen LogP contribution in [-0.2, 0) is 4.79 Å². The lowest BCUT2D eigenvalue weighted by molar-refractivity contribution is -0.856. The van der Waals surface area contributed by atoms with Crippen LogP contribution in [0.1, 0.15) is 5.56 Å². The molecule has 1 amide bonds. The molecule has 0 bridgehead atoms. The molecule has 0 radical (unpaired) electrons. The Labute approximate surface area is 173 Å². The number of halogens is 1. The molecule has 0 saturated carbocycles. The molecule has 1 aromatic heterocycles. The van der Waals surface area contributed by atoms with Crippen molar-refractivity contribution in [2.45, 2.75) is 11.8 Å². The van der Waals surface area contributed by atoms with Crippen molar-refractivity contribution < 1.29 is 9.69 Å². The second kappa shape index (κ2) is 9.06. The van der Waals surface area contributed by atoms with Gasteiger partial charge in [0.15, 0.2) is 5.13 Å². The van der Waals surface area contributed by atoms with Gasteiger partial charge in [0.1, 0.15) is 0 Å². The van der Waals surface area contributed by atoms with Gasteiger partial charge in [-0.1, -0.05) is 40.6 Å².